The van der Waals surface area contributed by atoms with Crippen LogP contribution in [0.4, 0.5) is 0 Å². The third-order valence-corrected chi connectivity index (χ3v) is 3.46. The van der Waals surface area contributed by atoms with E-state index in [0.29, 0.717) is 44.1 Å². The fraction of sp³-hybridized carbons (Fsp3) is 1.00. The zero-order valence-corrected chi connectivity index (χ0v) is 14.2. The second-order valence-electron chi connectivity index (χ2n) is 6.46. The molecule has 1 unspecified atom stereocenters. The summed E-state index contributed by atoms with van der Waals surface area (Å²) in [6, 6.07) is 0. The number of hydrogen-bond acceptors (Lipinski definition) is 4. The largest absolute Gasteiger partial charge is 0.389 e. The lowest BCUT2D eigenvalue weighted by Gasteiger charge is -2.25. The monoisotopic (exact) mass is 289 g/mol. The van der Waals surface area contributed by atoms with Gasteiger partial charge in [-0.1, -0.05) is 27.7 Å². The first-order chi connectivity index (χ1) is 9.34. The van der Waals surface area contributed by atoms with Crippen molar-refractivity contribution in [2.24, 2.45) is 17.8 Å². The molecule has 0 bridgehead atoms. The molecule has 0 radical (unpaired) electrons. The third kappa shape index (κ3) is 10.6. The molecule has 20 heavy (non-hydrogen) atoms. The summed E-state index contributed by atoms with van der Waals surface area (Å²) < 4.78 is 10.7. The average molecular weight is 289 g/mol. The Morgan fingerprint density at radius 3 is 2.00 bits per heavy atom. The zero-order chi connectivity index (χ0) is 15.5. The first-order valence-electron chi connectivity index (χ1n) is 7.92. The van der Waals surface area contributed by atoms with Crippen molar-refractivity contribution in [3.05, 3.63) is 0 Å². The van der Waals surface area contributed by atoms with Gasteiger partial charge in [0.25, 0.3) is 0 Å². The Labute approximate surface area is 125 Å². The van der Waals surface area contributed by atoms with Gasteiger partial charge in [-0.3, -0.25) is 0 Å². The highest BCUT2D eigenvalue weighted by atomic mass is 16.5. The molecule has 4 heteroatoms. The van der Waals surface area contributed by atoms with Gasteiger partial charge in [-0.25, -0.2) is 0 Å². The molecule has 0 rings (SSSR count). The van der Waals surface area contributed by atoms with Crippen molar-refractivity contribution < 1.29 is 14.6 Å². The zero-order valence-electron chi connectivity index (χ0n) is 14.2. The SMILES string of the molecule is CC(C)OCCOCC(O)CNCC(C(C)C)C(C)C. The molecule has 0 aromatic rings. The van der Waals surface area contributed by atoms with Crippen molar-refractivity contribution in [1.29, 1.82) is 0 Å². The highest BCUT2D eigenvalue weighted by molar-refractivity contribution is 4.70. The topological polar surface area (TPSA) is 50.7 Å². The van der Waals surface area contributed by atoms with Gasteiger partial charge < -0.3 is 19.9 Å². The lowest BCUT2D eigenvalue weighted by molar-refractivity contribution is -0.0103. The van der Waals surface area contributed by atoms with Crippen LogP contribution in [0.2, 0.25) is 0 Å². The molecule has 2 N–H and O–H groups in total. The van der Waals surface area contributed by atoms with Crippen molar-refractivity contribution in [1.82, 2.24) is 5.32 Å². The van der Waals surface area contributed by atoms with Crippen molar-refractivity contribution in [3.63, 3.8) is 0 Å². The predicted octanol–water partition coefficient (Wildman–Crippen LogP) is 2.31. The van der Waals surface area contributed by atoms with Gasteiger partial charge in [0.15, 0.2) is 0 Å². The Balaban J connectivity index is 3.59. The highest BCUT2D eigenvalue weighted by Gasteiger charge is 2.17. The van der Waals surface area contributed by atoms with E-state index in [1.54, 1.807) is 0 Å². The van der Waals surface area contributed by atoms with E-state index in [1.165, 1.54) is 0 Å². The molecule has 0 aromatic carbocycles. The van der Waals surface area contributed by atoms with E-state index >= 15 is 0 Å². The number of aliphatic hydroxyl groups excluding tert-OH is 1. The Morgan fingerprint density at radius 1 is 0.900 bits per heavy atom. The van der Waals surface area contributed by atoms with Crippen LogP contribution in [0, 0.1) is 17.8 Å². The van der Waals surface area contributed by atoms with Crippen LogP contribution in [0.3, 0.4) is 0 Å². The lowest BCUT2D eigenvalue weighted by Crippen LogP contribution is -2.36. The molecule has 0 aromatic heterocycles. The molecular weight excluding hydrogens is 254 g/mol. The molecule has 0 saturated heterocycles. The predicted molar refractivity (Wildman–Crippen MR) is 83.9 cm³/mol. The fourth-order valence-corrected chi connectivity index (χ4v) is 2.28. The number of ether oxygens (including phenoxy) is 2. The van der Waals surface area contributed by atoms with Crippen LogP contribution in [0.5, 0.6) is 0 Å². The smallest absolute Gasteiger partial charge is 0.0897 e. The molecule has 0 aliphatic rings. The van der Waals surface area contributed by atoms with Crippen LogP contribution < -0.4 is 5.32 Å². The van der Waals surface area contributed by atoms with Crippen molar-refractivity contribution in [2.75, 3.05) is 32.9 Å². The lowest BCUT2D eigenvalue weighted by atomic mass is 9.85. The molecule has 4 nitrogen and oxygen atoms in total. The second kappa shape index (κ2) is 11.5. The van der Waals surface area contributed by atoms with Crippen LogP contribution >= 0.6 is 0 Å². The Kier molecular flexibility index (Phi) is 11.4. The quantitative estimate of drug-likeness (QED) is 0.541. The normalized spacial score (nSPS) is 13.9. The van der Waals surface area contributed by atoms with Gasteiger partial charge in [0, 0.05) is 6.54 Å². The van der Waals surface area contributed by atoms with E-state index in [-0.39, 0.29) is 6.10 Å². The number of hydrogen-bond donors (Lipinski definition) is 2. The molecule has 0 heterocycles. The average Bonchev–Trinajstić information content (AvgIpc) is 2.32. The van der Waals surface area contributed by atoms with Gasteiger partial charge >= 0.3 is 0 Å². The summed E-state index contributed by atoms with van der Waals surface area (Å²) in [5.74, 6) is 1.95. The molecule has 0 fully saturated rings. The van der Waals surface area contributed by atoms with E-state index in [1.807, 2.05) is 13.8 Å². The molecule has 0 aliphatic heterocycles. The van der Waals surface area contributed by atoms with Crippen molar-refractivity contribution in [3.8, 4) is 0 Å². The maximum Gasteiger partial charge on any atom is 0.0897 e. The molecule has 0 aliphatic carbocycles. The fourth-order valence-electron chi connectivity index (χ4n) is 2.28. The van der Waals surface area contributed by atoms with Gasteiger partial charge in [0.2, 0.25) is 0 Å². The molecule has 0 amide bonds. The van der Waals surface area contributed by atoms with E-state index < -0.39 is 6.10 Å². The first-order valence-corrected chi connectivity index (χ1v) is 7.92. The highest BCUT2D eigenvalue weighted by Crippen LogP contribution is 2.19. The van der Waals surface area contributed by atoms with Gasteiger partial charge in [-0.2, -0.15) is 0 Å². The number of rotatable bonds is 12. The van der Waals surface area contributed by atoms with Crippen LogP contribution in [-0.2, 0) is 9.47 Å². The molecule has 1 atom stereocenters. The van der Waals surface area contributed by atoms with Crippen molar-refractivity contribution >= 4 is 0 Å². The summed E-state index contributed by atoms with van der Waals surface area (Å²) in [6.07, 6.45) is -0.219. The third-order valence-electron chi connectivity index (χ3n) is 3.46. The number of nitrogens with one attached hydrogen (secondary N) is 1. The van der Waals surface area contributed by atoms with Crippen LogP contribution in [0.25, 0.3) is 0 Å². The second-order valence-corrected chi connectivity index (χ2v) is 6.46. The standard InChI is InChI=1S/C16H35NO3/c1-12(2)16(13(3)4)10-17-9-15(18)11-19-7-8-20-14(5)6/h12-18H,7-11H2,1-6H3. The minimum Gasteiger partial charge on any atom is -0.389 e. The summed E-state index contributed by atoms with van der Waals surface area (Å²) in [4.78, 5) is 0. The summed E-state index contributed by atoms with van der Waals surface area (Å²) in [5.41, 5.74) is 0. The van der Waals surface area contributed by atoms with E-state index in [2.05, 4.69) is 33.0 Å². The first kappa shape index (κ1) is 19.8. The van der Waals surface area contributed by atoms with Gasteiger partial charge in [-0.05, 0) is 38.1 Å². The maximum absolute atomic E-state index is 9.82. The van der Waals surface area contributed by atoms with E-state index in [0.717, 1.165) is 6.54 Å². The molecule has 122 valence electrons. The van der Waals surface area contributed by atoms with Gasteiger partial charge in [0.05, 0.1) is 32.0 Å². The van der Waals surface area contributed by atoms with E-state index in [4.69, 9.17) is 9.47 Å². The maximum atomic E-state index is 9.82. The molecule has 0 saturated carbocycles. The van der Waals surface area contributed by atoms with Crippen molar-refractivity contribution in [2.45, 2.75) is 53.8 Å². The minimum atomic E-state index is -0.450. The number of aliphatic hydroxyl groups is 1. The van der Waals surface area contributed by atoms with Crippen LogP contribution in [0.15, 0.2) is 0 Å². The Bertz CT molecular complexity index is 212. The summed E-state index contributed by atoms with van der Waals surface area (Å²) in [7, 11) is 0. The van der Waals surface area contributed by atoms with Crippen LogP contribution in [0.1, 0.15) is 41.5 Å². The Hall–Kier alpha value is -0.160. The summed E-state index contributed by atoms with van der Waals surface area (Å²) in [6.45, 7) is 16.0. The van der Waals surface area contributed by atoms with E-state index in [9.17, 15) is 5.11 Å². The Morgan fingerprint density at radius 2 is 1.50 bits per heavy atom. The van der Waals surface area contributed by atoms with Crippen LogP contribution in [-0.4, -0.2) is 50.2 Å². The minimum absolute atomic E-state index is 0.231. The summed E-state index contributed by atoms with van der Waals surface area (Å²) >= 11 is 0. The molecule has 0 spiro atoms. The summed E-state index contributed by atoms with van der Waals surface area (Å²) in [5, 5.41) is 13.2. The molecular formula is C16H35NO3. The van der Waals surface area contributed by atoms with Gasteiger partial charge in [-0.15, -0.1) is 0 Å². The van der Waals surface area contributed by atoms with Gasteiger partial charge in [0.1, 0.15) is 0 Å².